The lowest BCUT2D eigenvalue weighted by Crippen LogP contribution is -2.36. The van der Waals surface area contributed by atoms with Crippen LogP contribution in [0.25, 0.3) is 11.2 Å². The second-order valence-corrected chi connectivity index (χ2v) is 4.55. The van der Waals surface area contributed by atoms with Crippen LogP contribution in [0.1, 0.15) is 19.7 Å². The van der Waals surface area contributed by atoms with Gasteiger partial charge >= 0.3 is 5.69 Å². The first-order valence-corrected chi connectivity index (χ1v) is 6.36. The fourth-order valence-electron chi connectivity index (χ4n) is 2.11. The molecular formula is C12H19N5O2. The highest BCUT2D eigenvalue weighted by molar-refractivity contribution is 5.69. The van der Waals surface area contributed by atoms with Crippen molar-refractivity contribution in [1.82, 2.24) is 24.0 Å². The van der Waals surface area contributed by atoms with Crippen molar-refractivity contribution in [2.75, 3.05) is 13.1 Å². The van der Waals surface area contributed by atoms with Gasteiger partial charge in [-0.3, -0.25) is 18.8 Å². The van der Waals surface area contributed by atoms with Crippen molar-refractivity contribution in [1.29, 1.82) is 0 Å². The number of fused-ring (bicyclic) bond motifs is 1. The molecule has 104 valence electrons. The monoisotopic (exact) mass is 265 g/mol. The molecule has 0 bridgehead atoms. The van der Waals surface area contributed by atoms with E-state index in [1.54, 1.807) is 7.05 Å². The average molecular weight is 265 g/mol. The smallest absolute Gasteiger partial charge is 0.332 e. The Hall–Kier alpha value is -1.89. The summed E-state index contributed by atoms with van der Waals surface area (Å²) in [6.45, 7) is 6.59. The second-order valence-electron chi connectivity index (χ2n) is 4.55. The van der Waals surface area contributed by atoms with E-state index < -0.39 is 0 Å². The van der Waals surface area contributed by atoms with Gasteiger partial charge in [0.15, 0.2) is 5.65 Å². The van der Waals surface area contributed by atoms with Crippen molar-refractivity contribution in [3.8, 4) is 0 Å². The molecule has 0 fully saturated rings. The van der Waals surface area contributed by atoms with Crippen molar-refractivity contribution in [3.63, 3.8) is 0 Å². The Morgan fingerprint density at radius 3 is 2.37 bits per heavy atom. The first kappa shape index (κ1) is 13.5. The van der Waals surface area contributed by atoms with E-state index >= 15 is 0 Å². The van der Waals surface area contributed by atoms with Gasteiger partial charge in [-0.1, -0.05) is 13.8 Å². The van der Waals surface area contributed by atoms with Gasteiger partial charge < -0.3 is 4.98 Å². The number of hydrogen-bond donors (Lipinski definition) is 1. The molecule has 7 nitrogen and oxygen atoms in total. The first-order chi connectivity index (χ1) is 8.99. The molecule has 0 aliphatic rings. The Morgan fingerprint density at radius 2 is 1.79 bits per heavy atom. The van der Waals surface area contributed by atoms with Gasteiger partial charge in [0.25, 0.3) is 5.56 Å². The Bertz CT molecular complexity index is 705. The number of aromatic nitrogens is 4. The molecule has 0 saturated carbocycles. The van der Waals surface area contributed by atoms with Crippen LogP contribution in [0.2, 0.25) is 0 Å². The fraction of sp³-hybridized carbons (Fsp3) is 0.583. The number of imidazole rings is 1. The van der Waals surface area contributed by atoms with Crippen LogP contribution >= 0.6 is 0 Å². The number of nitrogens with one attached hydrogen (secondary N) is 1. The minimum Gasteiger partial charge on any atom is -0.335 e. The maximum atomic E-state index is 12.0. The third-order valence-electron chi connectivity index (χ3n) is 3.41. The molecule has 0 aliphatic carbocycles. The number of rotatable bonds is 4. The molecule has 2 heterocycles. The lowest BCUT2D eigenvalue weighted by molar-refractivity contribution is 0.289. The lowest BCUT2D eigenvalue weighted by atomic mass is 10.4. The van der Waals surface area contributed by atoms with E-state index in [1.807, 2.05) is 0 Å². The van der Waals surface area contributed by atoms with E-state index in [1.165, 1.54) is 11.6 Å². The molecule has 0 atom stereocenters. The van der Waals surface area contributed by atoms with Crippen molar-refractivity contribution in [3.05, 3.63) is 26.7 Å². The van der Waals surface area contributed by atoms with Gasteiger partial charge in [0.05, 0.1) is 6.54 Å². The summed E-state index contributed by atoms with van der Waals surface area (Å²) < 4.78 is 2.47. The molecule has 2 aromatic heterocycles. The summed E-state index contributed by atoms with van der Waals surface area (Å²) in [6, 6.07) is 0. The third-order valence-corrected chi connectivity index (χ3v) is 3.41. The lowest BCUT2D eigenvalue weighted by Gasteiger charge is -2.15. The standard InChI is InChI=1S/C12H19N5O2/c1-5-17(6-2)7-8-13-9-10(14-8)15(3)12(19)16(4)11(9)18/h5-7H2,1-4H3,(H,13,14). The SMILES string of the molecule is CCN(CC)Cc1nc2c([nH]1)c(=O)n(C)c(=O)n2C. The van der Waals surface area contributed by atoms with Gasteiger partial charge in [-0.25, -0.2) is 9.78 Å². The summed E-state index contributed by atoms with van der Waals surface area (Å²) in [6.07, 6.45) is 0. The van der Waals surface area contributed by atoms with Crippen molar-refractivity contribution >= 4 is 11.2 Å². The van der Waals surface area contributed by atoms with Gasteiger partial charge in [0, 0.05) is 14.1 Å². The molecular weight excluding hydrogens is 246 g/mol. The summed E-state index contributed by atoms with van der Waals surface area (Å²) in [5.74, 6) is 0.706. The van der Waals surface area contributed by atoms with Crippen LogP contribution in [-0.4, -0.2) is 37.1 Å². The van der Waals surface area contributed by atoms with Crippen LogP contribution in [0.3, 0.4) is 0 Å². The van der Waals surface area contributed by atoms with E-state index in [9.17, 15) is 9.59 Å². The molecule has 0 amide bonds. The second kappa shape index (κ2) is 5.00. The van der Waals surface area contributed by atoms with E-state index in [4.69, 9.17) is 0 Å². The molecule has 0 saturated heterocycles. The van der Waals surface area contributed by atoms with Crippen LogP contribution in [0.4, 0.5) is 0 Å². The number of aryl methyl sites for hydroxylation is 1. The Kier molecular flexibility index (Phi) is 3.57. The van der Waals surface area contributed by atoms with Crippen LogP contribution < -0.4 is 11.2 Å². The largest absolute Gasteiger partial charge is 0.335 e. The van der Waals surface area contributed by atoms with Gasteiger partial charge in [-0.2, -0.15) is 0 Å². The first-order valence-electron chi connectivity index (χ1n) is 6.36. The number of H-pyrrole nitrogens is 1. The van der Waals surface area contributed by atoms with Crippen LogP contribution in [0.5, 0.6) is 0 Å². The topological polar surface area (TPSA) is 75.9 Å². The molecule has 1 N–H and O–H groups in total. The summed E-state index contributed by atoms with van der Waals surface area (Å²) in [5, 5.41) is 0. The highest BCUT2D eigenvalue weighted by Gasteiger charge is 2.14. The van der Waals surface area contributed by atoms with E-state index in [2.05, 4.69) is 28.7 Å². The average Bonchev–Trinajstić information content (AvgIpc) is 2.84. The number of nitrogens with zero attached hydrogens (tertiary/aromatic N) is 4. The molecule has 0 unspecified atom stereocenters. The maximum Gasteiger partial charge on any atom is 0.332 e. The Balaban J connectivity index is 2.58. The molecule has 2 aromatic rings. The molecule has 0 spiro atoms. The van der Waals surface area contributed by atoms with Crippen LogP contribution in [0, 0.1) is 0 Å². The van der Waals surface area contributed by atoms with Crippen LogP contribution in [-0.2, 0) is 20.6 Å². The third kappa shape index (κ3) is 2.21. The zero-order chi connectivity index (χ0) is 14.2. The zero-order valence-electron chi connectivity index (χ0n) is 11.7. The Labute approximate surface area is 110 Å². The predicted octanol–water partition coefficient (Wildman–Crippen LogP) is -0.198. The normalized spacial score (nSPS) is 11.6. The van der Waals surface area contributed by atoms with Crippen LogP contribution in [0.15, 0.2) is 9.59 Å². The number of hydrogen-bond acceptors (Lipinski definition) is 4. The maximum absolute atomic E-state index is 12.0. The quantitative estimate of drug-likeness (QED) is 0.831. The number of aromatic amines is 1. The summed E-state index contributed by atoms with van der Waals surface area (Å²) >= 11 is 0. The molecule has 0 radical (unpaired) electrons. The summed E-state index contributed by atoms with van der Waals surface area (Å²) in [7, 11) is 3.08. The van der Waals surface area contributed by atoms with E-state index in [0.717, 1.165) is 17.7 Å². The molecule has 0 aromatic carbocycles. The fourth-order valence-corrected chi connectivity index (χ4v) is 2.11. The van der Waals surface area contributed by atoms with E-state index in [-0.39, 0.29) is 11.2 Å². The van der Waals surface area contributed by atoms with Crippen molar-refractivity contribution < 1.29 is 0 Å². The molecule has 2 rings (SSSR count). The van der Waals surface area contributed by atoms with Crippen molar-refractivity contribution in [2.45, 2.75) is 20.4 Å². The summed E-state index contributed by atoms with van der Waals surface area (Å²) in [4.78, 5) is 33.4. The minimum absolute atomic E-state index is 0.337. The van der Waals surface area contributed by atoms with E-state index in [0.29, 0.717) is 23.5 Å². The zero-order valence-corrected chi connectivity index (χ0v) is 11.7. The molecule has 0 aliphatic heterocycles. The molecule has 19 heavy (non-hydrogen) atoms. The Morgan fingerprint density at radius 1 is 1.16 bits per heavy atom. The van der Waals surface area contributed by atoms with Gasteiger partial charge in [0.1, 0.15) is 11.3 Å². The van der Waals surface area contributed by atoms with Gasteiger partial charge in [-0.05, 0) is 13.1 Å². The highest BCUT2D eigenvalue weighted by atomic mass is 16.2. The van der Waals surface area contributed by atoms with Crippen molar-refractivity contribution in [2.24, 2.45) is 14.1 Å². The van der Waals surface area contributed by atoms with Gasteiger partial charge in [0.2, 0.25) is 0 Å². The van der Waals surface area contributed by atoms with Gasteiger partial charge in [-0.15, -0.1) is 0 Å². The highest BCUT2D eigenvalue weighted by Crippen LogP contribution is 2.06. The molecule has 7 heteroatoms. The predicted molar refractivity (Wildman–Crippen MR) is 73.2 cm³/mol. The summed E-state index contributed by atoms with van der Waals surface area (Å²) in [5.41, 5.74) is 0.0943. The minimum atomic E-state index is -0.363.